The van der Waals surface area contributed by atoms with Crippen molar-refractivity contribution in [3.8, 4) is 11.6 Å². The molecule has 0 aliphatic heterocycles. The number of methoxy groups -OCH3 is 1. The zero-order chi connectivity index (χ0) is 11.5. The molecule has 0 saturated carbocycles. The second-order valence-electron chi connectivity index (χ2n) is 4.18. The monoisotopic (exact) mass is 209 g/mol. The lowest BCUT2D eigenvalue weighted by molar-refractivity contribution is -0.143. The SMILES string of the molecule is COc1ccc(OC(=O)C(C)(C)C)nc1. The molecule has 0 saturated heterocycles. The molecule has 1 aromatic rings. The second kappa shape index (κ2) is 4.29. The van der Waals surface area contributed by atoms with Crippen molar-refractivity contribution in [2.24, 2.45) is 5.41 Å². The van der Waals surface area contributed by atoms with Crippen molar-refractivity contribution in [1.29, 1.82) is 0 Å². The predicted octanol–water partition coefficient (Wildman–Crippen LogP) is 2.04. The molecule has 0 fully saturated rings. The summed E-state index contributed by atoms with van der Waals surface area (Å²) < 4.78 is 10.0. The molecule has 0 amide bonds. The van der Waals surface area contributed by atoms with Crippen molar-refractivity contribution in [2.45, 2.75) is 20.8 Å². The lowest BCUT2D eigenvalue weighted by atomic mass is 9.97. The van der Waals surface area contributed by atoms with Gasteiger partial charge in [-0.15, -0.1) is 0 Å². The van der Waals surface area contributed by atoms with Crippen LogP contribution < -0.4 is 9.47 Å². The molecule has 0 aliphatic carbocycles. The number of aromatic nitrogens is 1. The van der Waals surface area contributed by atoms with Crippen LogP contribution in [0.1, 0.15) is 20.8 Å². The number of pyridine rings is 1. The summed E-state index contributed by atoms with van der Waals surface area (Å²) in [7, 11) is 1.55. The third-order valence-electron chi connectivity index (χ3n) is 1.75. The summed E-state index contributed by atoms with van der Waals surface area (Å²) in [6, 6.07) is 3.29. The Morgan fingerprint density at radius 2 is 2.00 bits per heavy atom. The molecular formula is C11H15NO3. The minimum Gasteiger partial charge on any atom is -0.495 e. The molecule has 0 radical (unpaired) electrons. The first-order valence-electron chi connectivity index (χ1n) is 4.66. The van der Waals surface area contributed by atoms with Gasteiger partial charge < -0.3 is 9.47 Å². The average Bonchev–Trinajstić information content (AvgIpc) is 2.17. The molecule has 0 unspecified atom stereocenters. The number of hydrogen-bond acceptors (Lipinski definition) is 4. The van der Waals surface area contributed by atoms with Crippen molar-refractivity contribution in [3.05, 3.63) is 18.3 Å². The van der Waals surface area contributed by atoms with Crippen molar-refractivity contribution in [2.75, 3.05) is 7.11 Å². The van der Waals surface area contributed by atoms with Gasteiger partial charge in [0, 0.05) is 6.07 Å². The van der Waals surface area contributed by atoms with Crippen LogP contribution in [0.25, 0.3) is 0 Å². The molecule has 0 aliphatic rings. The molecule has 1 aromatic heterocycles. The smallest absolute Gasteiger partial charge is 0.317 e. The molecule has 4 heteroatoms. The fraction of sp³-hybridized carbons (Fsp3) is 0.455. The maximum absolute atomic E-state index is 11.5. The van der Waals surface area contributed by atoms with Crippen LogP contribution in [0.4, 0.5) is 0 Å². The van der Waals surface area contributed by atoms with Gasteiger partial charge in [-0.1, -0.05) is 0 Å². The van der Waals surface area contributed by atoms with Gasteiger partial charge in [0.2, 0.25) is 5.88 Å². The Morgan fingerprint density at radius 1 is 1.33 bits per heavy atom. The van der Waals surface area contributed by atoms with E-state index in [1.165, 1.54) is 6.20 Å². The van der Waals surface area contributed by atoms with Gasteiger partial charge >= 0.3 is 5.97 Å². The van der Waals surface area contributed by atoms with E-state index in [0.29, 0.717) is 5.75 Å². The number of esters is 1. The number of rotatable bonds is 2. The Balaban J connectivity index is 2.70. The number of ether oxygens (including phenoxy) is 2. The first kappa shape index (κ1) is 11.5. The Labute approximate surface area is 89.2 Å². The summed E-state index contributed by atoms with van der Waals surface area (Å²) in [6.07, 6.45) is 1.51. The van der Waals surface area contributed by atoms with E-state index < -0.39 is 5.41 Å². The zero-order valence-corrected chi connectivity index (χ0v) is 9.40. The van der Waals surface area contributed by atoms with Crippen molar-refractivity contribution >= 4 is 5.97 Å². The van der Waals surface area contributed by atoms with Crippen LogP contribution in [0, 0.1) is 5.41 Å². The third kappa shape index (κ3) is 3.23. The number of nitrogens with zero attached hydrogens (tertiary/aromatic N) is 1. The predicted molar refractivity (Wildman–Crippen MR) is 55.9 cm³/mol. The van der Waals surface area contributed by atoms with Gasteiger partial charge in [-0.25, -0.2) is 4.98 Å². The van der Waals surface area contributed by atoms with E-state index >= 15 is 0 Å². The van der Waals surface area contributed by atoms with E-state index in [1.807, 2.05) is 0 Å². The summed E-state index contributed by atoms with van der Waals surface area (Å²) in [5.41, 5.74) is -0.526. The molecule has 0 aromatic carbocycles. The van der Waals surface area contributed by atoms with E-state index in [-0.39, 0.29) is 11.8 Å². The Kier molecular flexibility index (Phi) is 3.29. The minimum absolute atomic E-state index is 0.288. The molecule has 82 valence electrons. The van der Waals surface area contributed by atoms with Crippen LogP contribution in [0.2, 0.25) is 0 Å². The highest BCUT2D eigenvalue weighted by atomic mass is 16.5. The molecule has 15 heavy (non-hydrogen) atoms. The molecule has 1 rings (SSSR count). The summed E-state index contributed by atoms with van der Waals surface area (Å²) in [6.45, 7) is 5.37. The van der Waals surface area contributed by atoms with E-state index in [1.54, 1.807) is 40.0 Å². The van der Waals surface area contributed by atoms with Crippen LogP contribution in [-0.2, 0) is 4.79 Å². The number of carbonyl (C=O) groups excluding carboxylic acids is 1. The standard InChI is InChI=1S/C11H15NO3/c1-11(2,3)10(13)15-9-6-5-8(14-4)7-12-9/h5-7H,1-4H3. The van der Waals surface area contributed by atoms with Crippen molar-refractivity contribution < 1.29 is 14.3 Å². The molecule has 0 bridgehead atoms. The maximum atomic E-state index is 11.5. The van der Waals surface area contributed by atoms with Gasteiger partial charge in [0.15, 0.2) is 0 Å². The van der Waals surface area contributed by atoms with Gasteiger partial charge in [0.05, 0.1) is 18.7 Å². The first-order chi connectivity index (χ1) is 6.93. The van der Waals surface area contributed by atoms with Crippen LogP contribution >= 0.6 is 0 Å². The molecule has 4 nitrogen and oxygen atoms in total. The Hall–Kier alpha value is -1.58. The second-order valence-corrected chi connectivity index (χ2v) is 4.18. The van der Waals surface area contributed by atoms with Crippen LogP contribution in [0.5, 0.6) is 11.6 Å². The van der Waals surface area contributed by atoms with Gasteiger partial charge in [-0.3, -0.25) is 4.79 Å². The number of carbonyl (C=O) groups is 1. The Morgan fingerprint density at radius 3 is 2.40 bits per heavy atom. The first-order valence-corrected chi connectivity index (χ1v) is 4.66. The summed E-state index contributed by atoms with van der Waals surface area (Å²) in [5, 5.41) is 0. The van der Waals surface area contributed by atoms with Gasteiger partial charge in [0.25, 0.3) is 0 Å². The summed E-state index contributed by atoms with van der Waals surface area (Å²) in [4.78, 5) is 15.4. The highest BCUT2D eigenvalue weighted by Gasteiger charge is 2.23. The molecule has 1 heterocycles. The molecule has 0 N–H and O–H groups in total. The van der Waals surface area contributed by atoms with Gasteiger partial charge in [-0.05, 0) is 26.8 Å². The fourth-order valence-electron chi connectivity index (χ4n) is 0.796. The molecule has 0 spiro atoms. The van der Waals surface area contributed by atoms with E-state index in [4.69, 9.17) is 9.47 Å². The normalized spacial score (nSPS) is 10.9. The largest absolute Gasteiger partial charge is 0.495 e. The van der Waals surface area contributed by atoms with E-state index in [9.17, 15) is 4.79 Å². The van der Waals surface area contributed by atoms with E-state index in [0.717, 1.165) is 0 Å². The van der Waals surface area contributed by atoms with Crippen molar-refractivity contribution in [1.82, 2.24) is 4.98 Å². The van der Waals surface area contributed by atoms with Crippen molar-refractivity contribution in [3.63, 3.8) is 0 Å². The van der Waals surface area contributed by atoms with E-state index in [2.05, 4.69) is 4.98 Å². The third-order valence-corrected chi connectivity index (χ3v) is 1.75. The fourth-order valence-corrected chi connectivity index (χ4v) is 0.796. The van der Waals surface area contributed by atoms with Gasteiger partial charge in [0.1, 0.15) is 5.75 Å². The quantitative estimate of drug-likeness (QED) is 0.699. The minimum atomic E-state index is -0.526. The highest BCUT2D eigenvalue weighted by Crippen LogP contribution is 2.19. The van der Waals surface area contributed by atoms with Crippen LogP contribution in [-0.4, -0.2) is 18.1 Å². The summed E-state index contributed by atoms with van der Waals surface area (Å²) in [5.74, 6) is 0.612. The molecule has 0 atom stereocenters. The Bertz CT molecular complexity index is 338. The zero-order valence-electron chi connectivity index (χ0n) is 9.40. The molecular weight excluding hydrogens is 194 g/mol. The van der Waals surface area contributed by atoms with Crippen LogP contribution in [0.15, 0.2) is 18.3 Å². The highest BCUT2D eigenvalue weighted by molar-refractivity contribution is 5.77. The lowest BCUT2D eigenvalue weighted by Crippen LogP contribution is -2.25. The maximum Gasteiger partial charge on any atom is 0.317 e. The summed E-state index contributed by atoms with van der Waals surface area (Å²) >= 11 is 0. The average molecular weight is 209 g/mol. The topological polar surface area (TPSA) is 48.4 Å². The van der Waals surface area contributed by atoms with Crippen LogP contribution in [0.3, 0.4) is 0 Å². The van der Waals surface area contributed by atoms with Gasteiger partial charge in [-0.2, -0.15) is 0 Å². The lowest BCUT2D eigenvalue weighted by Gasteiger charge is -2.15. The number of hydrogen-bond donors (Lipinski definition) is 0.